The third kappa shape index (κ3) is 4.42. The first-order valence-corrected chi connectivity index (χ1v) is 9.47. The summed E-state index contributed by atoms with van der Waals surface area (Å²) in [6, 6.07) is 5.78. The number of amides is 1. The fraction of sp³-hybridized carbons (Fsp3) is 0.500. The summed E-state index contributed by atoms with van der Waals surface area (Å²) in [7, 11) is 0. The van der Waals surface area contributed by atoms with Gasteiger partial charge in [0.15, 0.2) is 0 Å². The predicted octanol–water partition coefficient (Wildman–Crippen LogP) is 1.29. The molecule has 1 N–H and O–H groups in total. The molecule has 0 radical (unpaired) electrons. The van der Waals surface area contributed by atoms with Gasteiger partial charge in [0.1, 0.15) is 12.3 Å². The van der Waals surface area contributed by atoms with Crippen LogP contribution in [-0.4, -0.2) is 60.7 Å². The van der Waals surface area contributed by atoms with E-state index >= 15 is 0 Å². The van der Waals surface area contributed by atoms with Gasteiger partial charge in [0.2, 0.25) is 5.78 Å². The first kappa shape index (κ1) is 19.2. The second-order valence-corrected chi connectivity index (χ2v) is 6.99. The van der Waals surface area contributed by atoms with E-state index in [4.69, 9.17) is 9.15 Å². The summed E-state index contributed by atoms with van der Waals surface area (Å²) < 4.78 is 12.6. The number of nitrogens with one attached hydrogen (secondary N) is 1. The van der Waals surface area contributed by atoms with Crippen LogP contribution in [0.1, 0.15) is 34.4 Å². The van der Waals surface area contributed by atoms with Crippen LogP contribution in [0.15, 0.2) is 28.9 Å². The lowest BCUT2D eigenvalue weighted by atomic mass is 10.1. The zero-order valence-corrected chi connectivity index (χ0v) is 16.3. The number of rotatable bonds is 6. The van der Waals surface area contributed by atoms with Crippen molar-refractivity contribution in [3.05, 3.63) is 47.2 Å². The van der Waals surface area contributed by atoms with E-state index in [0.717, 1.165) is 35.8 Å². The predicted molar refractivity (Wildman–Crippen MR) is 100 cm³/mol. The average molecular weight is 374 g/mol. The number of hydrogen-bond acceptors (Lipinski definition) is 4. The number of aromatic nitrogens is 1. The summed E-state index contributed by atoms with van der Waals surface area (Å²) >= 11 is 0. The average Bonchev–Trinajstić information content (AvgIpc) is 3.26. The number of quaternary nitrogens is 1. The minimum absolute atomic E-state index is 0.147. The van der Waals surface area contributed by atoms with Gasteiger partial charge in [-0.25, -0.2) is 4.79 Å². The molecule has 1 amide bonds. The lowest BCUT2D eigenvalue weighted by Crippen LogP contribution is -3.15. The quantitative estimate of drug-likeness (QED) is 0.774. The van der Waals surface area contributed by atoms with E-state index in [9.17, 15) is 9.59 Å². The van der Waals surface area contributed by atoms with Gasteiger partial charge in [0, 0.05) is 17.0 Å². The van der Waals surface area contributed by atoms with E-state index in [1.165, 1.54) is 4.90 Å². The third-order valence-electron chi connectivity index (χ3n) is 5.18. The number of Topliss-reactive ketones (excluding diaryl/α,β-unsaturated/α-hetero) is 1. The normalized spacial score (nSPS) is 15.1. The van der Waals surface area contributed by atoms with Crippen molar-refractivity contribution in [3.63, 3.8) is 0 Å². The standard InChI is InChI=1S/C20H27N3O4/c1-4-26-20(25)22-9-7-21(8-10-22)14-19(24)18-12-15(2)23(16(18)3)13-17-6-5-11-27-17/h5-6,11-12H,4,7-10,13-14H2,1-3H3/p+1. The van der Waals surface area contributed by atoms with Crippen molar-refractivity contribution in [3.8, 4) is 0 Å². The Hall–Kier alpha value is -2.54. The molecule has 3 rings (SSSR count). The van der Waals surface area contributed by atoms with Crippen LogP contribution >= 0.6 is 0 Å². The summed E-state index contributed by atoms with van der Waals surface area (Å²) in [4.78, 5) is 27.6. The topological polar surface area (TPSA) is 69.1 Å². The molecule has 0 bridgehead atoms. The fourth-order valence-corrected chi connectivity index (χ4v) is 3.60. The summed E-state index contributed by atoms with van der Waals surface area (Å²) in [5, 5.41) is 0. The van der Waals surface area contributed by atoms with Crippen LogP contribution in [0.3, 0.4) is 0 Å². The van der Waals surface area contributed by atoms with Crippen molar-refractivity contribution < 1.29 is 23.6 Å². The molecule has 0 saturated carbocycles. The first-order chi connectivity index (χ1) is 13.0. The van der Waals surface area contributed by atoms with Gasteiger partial charge < -0.3 is 18.6 Å². The van der Waals surface area contributed by atoms with Crippen molar-refractivity contribution in [2.24, 2.45) is 0 Å². The number of hydrogen-bond donors (Lipinski definition) is 1. The number of aryl methyl sites for hydroxylation is 1. The highest BCUT2D eigenvalue weighted by Crippen LogP contribution is 2.17. The smallest absolute Gasteiger partial charge is 0.410 e. The Morgan fingerprint density at radius 3 is 2.63 bits per heavy atom. The zero-order chi connectivity index (χ0) is 19.4. The number of piperazine rings is 1. The lowest BCUT2D eigenvalue weighted by Gasteiger charge is -2.31. The summed E-state index contributed by atoms with van der Waals surface area (Å²) in [5.74, 6) is 1.02. The van der Waals surface area contributed by atoms with Gasteiger partial charge in [-0.1, -0.05) is 0 Å². The third-order valence-corrected chi connectivity index (χ3v) is 5.18. The van der Waals surface area contributed by atoms with Gasteiger partial charge in [-0.15, -0.1) is 0 Å². The lowest BCUT2D eigenvalue weighted by molar-refractivity contribution is -0.895. The Balaban J connectivity index is 1.60. The van der Waals surface area contributed by atoms with Crippen molar-refractivity contribution in [1.29, 1.82) is 0 Å². The van der Waals surface area contributed by atoms with Crippen LogP contribution < -0.4 is 4.90 Å². The molecule has 1 aliphatic rings. The SMILES string of the molecule is CCOC(=O)N1CC[NH+](CC(=O)c2cc(C)n(Cc3ccco3)c2C)CC1. The first-order valence-electron chi connectivity index (χ1n) is 9.47. The van der Waals surface area contributed by atoms with E-state index in [2.05, 4.69) is 4.57 Å². The Morgan fingerprint density at radius 1 is 1.26 bits per heavy atom. The maximum atomic E-state index is 12.9. The largest absolute Gasteiger partial charge is 0.467 e. The van der Waals surface area contributed by atoms with Gasteiger partial charge in [-0.2, -0.15) is 0 Å². The maximum absolute atomic E-state index is 12.9. The van der Waals surface area contributed by atoms with Crippen molar-refractivity contribution >= 4 is 11.9 Å². The molecule has 146 valence electrons. The van der Waals surface area contributed by atoms with Crippen LogP contribution in [0.25, 0.3) is 0 Å². The minimum atomic E-state index is -0.260. The van der Waals surface area contributed by atoms with Crippen LogP contribution in [0.4, 0.5) is 4.79 Å². The summed E-state index contributed by atoms with van der Waals surface area (Å²) in [5.41, 5.74) is 2.80. The van der Waals surface area contributed by atoms with Gasteiger partial charge in [-0.3, -0.25) is 9.69 Å². The number of furan rings is 1. The summed E-state index contributed by atoms with van der Waals surface area (Å²) in [6.07, 6.45) is 1.40. The molecular formula is C20H28N3O4+. The molecule has 0 aromatic carbocycles. The number of carbonyl (C=O) groups is 2. The highest BCUT2D eigenvalue weighted by atomic mass is 16.6. The molecule has 2 aromatic heterocycles. The van der Waals surface area contributed by atoms with Crippen LogP contribution in [0, 0.1) is 13.8 Å². The van der Waals surface area contributed by atoms with Crippen LogP contribution in [0.2, 0.25) is 0 Å². The molecule has 7 nitrogen and oxygen atoms in total. The van der Waals surface area contributed by atoms with Crippen molar-refractivity contribution in [2.75, 3.05) is 39.3 Å². The second kappa shape index (κ2) is 8.43. The monoisotopic (exact) mass is 374 g/mol. The molecule has 3 heterocycles. The number of ether oxygens (including phenoxy) is 1. The highest BCUT2D eigenvalue weighted by Gasteiger charge is 2.27. The van der Waals surface area contributed by atoms with Gasteiger partial charge >= 0.3 is 6.09 Å². The molecule has 7 heteroatoms. The van der Waals surface area contributed by atoms with Crippen molar-refractivity contribution in [2.45, 2.75) is 27.3 Å². The van der Waals surface area contributed by atoms with E-state index in [0.29, 0.717) is 32.8 Å². The molecule has 27 heavy (non-hydrogen) atoms. The molecule has 1 aliphatic heterocycles. The number of carbonyl (C=O) groups excluding carboxylic acids is 2. The van der Waals surface area contributed by atoms with Gasteiger partial charge in [0.05, 0.1) is 45.6 Å². The molecule has 1 fully saturated rings. The van der Waals surface area contributed by atoms with E-state index < -0.39 is 0 Å². The molecule has 0 atom stereocenters. The molecule has 2 aromatic rings. The van der Waals surface area contributed by atoms with Gasteiger partial charge in [-0.05, 0) is 39.0 Å². The molecular weight excluding hydrogens is 346 g/mol. The fourth-order valence-electron chi connectivity index (χ4n) is 3.60. The second-order valence-electron chi connectivity index (χ2n) is 6.99. The Kier molecular flexibility index (Phi) is 6.01. The van der Waals surface area contributed by atoms with Gasteiger partial charge in [0.25, 0.3) is 0 Å². The Labute approximate surface area is 159 Å². The number of ketones is 1. The molecule has 0 spiro atoms. The molecule has 0 aliphatic carbocycles. The summed E-state index contributed by atoms with van der Waals surface area (Å²) in [6.45, 7) is 10.0. The van der Waals surface area contributed by atoms with Crippen LogP contribution in [-0.2, 0) is 11.3 Å². The molecule has 1 saturated heterocycles. The van der Waals surface area contributed by atoms with Crippen molar-refractivity contribution in [1.82, 2.24) is 9.47 Å². The van der Waals surface area contributed by atoms with E-state index in [1.807, 2.05) is 32.0 Å². The number of nitrogens with zero attached hydrogens (tertiary/aromatic N) is 2. The molecule has 0 unspecified atom stereocenters. The van der Waals surface area contributed by atoms with E-state index in [-0.39, 0.29) is 11.9 Å². The highest BCUT2D eigenvalue weighted by molar-refractivity contribution is 5.98. The minimum Gasteiger partial charge on any atom is -0.467 e. The Bertz CT molecular complexity index is 787. The van der Waals surface area contributed by atoms with Crippen LogP contribution in [0.5, 0.6) is 0 Å². The zero-order valence-electron chi connectivity index (χ0n) is 16.3. The van der Waals surface area contributed by atoms with E-state index in [1.54, 1.807) is 18.1 Å². The maximum Gasteiger partial charge on any atom is 0.410 e. The Morgan fingerprint density at radius 2 is 2.00 bits per heavy atom.